The lowest BCUT2D eigenvalue weighted by Gasteiger charge is -2.20. The van der Waals surface area contributed by atoms with Crippen molar-refractivity contribution in [3.05, 3.63) is 218 Å². The molecule has 0 radical (unpaired) electrons. The van der Waals surface area contributed by atoms with E-state index in [1.165, 1.54) is 24.3 Å². The smallest absolute Gasteiger partial charge is 0.309 e. The van der Waals surface area contributed by atoms with Gasteiger partial charge in [-0.2, -0.15) is 26.3 Å². The SMILES string of the molecule is FC(F)(F)c1ccc2c(c1)c1ccccc1n2-c1ccc(-c2nc(-c3ccccc3)nc(-c3ccccc3)n2)c(-c2cc(-c3cccnc3)ccc2-n2c3ccccc3c3cc(C(F)(F)F)ccc32)c1. The van der Waals surface area contributed by atoms with Crippen LogP contribution in [0.25, 0.3) is 111 Å². The molecule has 0 unspecified atom stereocenters. The highest BCUT2D eigenvalue weighted by Gasteiger charge is 2.33. The zero-order chi connectivity index (χ0) is 47.7. The van der Waals surface area contributed by atoms with Gasteiger partial charge < -0.3 is 9.13 Å². The zero-order valence-corrected chi connectivity index (χ0v) is 36.6. The second kappa shape index (κ2) is 16.4. The summed E-state index contributed by atoms with van der Waals surface area (Å²) in [5.74, 6) is 1.19. The van der Waals surface area contributed by atoms with E-state index < -0.39 is 23.5 Å². The summed E-state index contributed by atoms with van der Waals surface area (Å²) in [6, 6.07) is 56.9. The van der Waals surface area contributed by atoms with Gasteiger partial charge in [0.1, 0.15) is 0 Å². The van der Waals surface area contributed by atoms with Gasteiger partial charge in [0.2, 0.25) is 0 Å². The van der Waals surface area contributed by atoms with Crippen molar-refractivity contribution in [1.82, 2.24) is 29.1 Å². The summed E-state index contributed by atoms with van der Waals surface area (Å²) < 4.78 is 89.8. The Morgan fingerprint density at radius 1 is 0.343 bits per heavy atom. The molecule has 4 heterocycles. The summed E-state index contributed by atoms with van der Waals surface area (Å²) in [5, 5.41) is 2.11. The van der Waals surface area contributed by atoms with Crippen molar-refractivity contribution in [2.75, 3.05) is 0 Å². The van der Waals surface area contributed by atoms with Crippen LogP contribution in [-0.4, -0.2) is 29.1 Å². The fourth-order valence-electron chi connectivity index (χ4n) is 9.51. The average Bonchev–Trinajstić information content (AvgIpc) is 3.91. The Labute approximate surface area is 395 Å². The minimum absolute atomic E-state index is 0.334. The molecule has 0 saturated heterocycles. The average molecular weight is 929 g/mol. The molecule has 338 valence electrons. The Bertz CT molecular complexity index is 3920. The standard InChI is InChI=1S/C58H34F6N6/c59-57(60,61)39-22-27-51-47(31-39)42-17-7-9-19-49(42)69(51)41-24-25-44(56-67-54(35-12-3-1-4-13-35)66-55(68-56)36-14-5-2-6-15-36)45(33-41)46-30-37(38-16-11-29-65-34-38)21-26-52(46)70-50-20-10-8-18-43(50)48-32-40(58(62,63)64)23-28-53(48)70/h1-34H. The largest absolute Gasteiger partial charge is 0.416 e. The van der Waals surface area contributed by atoms with Crippen LogP contribution in [0, 0.1) is 0 Å². The van der Waals surface area contributed by atoms with E-state index in [1.807, 2.05) is 155 Å². The third-order valence-electron chi connectivity index (χ3n) is 12.7. The maximum Gasteiger partial charge on any atom is 0.416 e. The number of para-hydroxylation sites is 2. The quantitative estimate of drug-likeness (QED) is 0.149. The minimum atomic E-state index is -4.58. The highest BCUT2D eigenvalue weighted by Crippen LogP contribution is 2.45. The number of pyridine rings is 1. The normalized spacial score (nSPS) is 12.1. The molecule has 0 amide bonds. The Morgan fingerprint density at radius 2 is 0.857 bits per heavy atom. The molecular weight excluding hydrogens is 895 g/mol. The maximum atomic E-state index is 14.4. The van der Waals surface area contributed by atoms with Crippen LogP contribution in [0.2, 0.25) is 0 Å². The van der Waals surface area contributed by atoms with Gasteiger partial charge in [-0.15, -0.1) is 0 Å². The molecule has 0 atom stereocenters. The molecule has 6 nitrogen and oxygen atoms in total. The summed E-state index contributed by atoms with van der Waals surface area (Å²) in [6.45, 7) is 0. The minimum Gasteiger partial charge on any atom is -0.309 e. The van der Waals surface area contributed by atoms with Gasteiger partial charge in [-0.05, 0) is 96.1 Å². The fraction of sp³-hybridized carbons (Fsp3) is 0.0345. The number of aromatic nitrogens is 6. The Balaban J connectivity index is 1.21. The van der Waals surface area contributed by atoms with Gasteiger partial charge in [-0.25, -0.2) is 15.0 Å². The molecule has 12 rings (SSSR count). The van der Waals surface area contributed by atoms with Crippen LogP contribution in [0.15, 0.2) is 207 Å². The van der Waals surface area contributed by atoms with Crippen LogP contribution < -0.4 is 0 Å². The van der Waals surface area contributed by atoms with Crippen LogP contribution >= 0.6 is 0 Å². The van der Waals surface area contributed by atoms with Crippen LogP contribution in [0.4, 0.5) is 26.3 Å². The van der Waals surface area contributed by atoms with E-state index in [9.17, 15) is 26.3 Å². The lowest BCUT2D eigenvalue weighted by atomic mass is 9.93. The summed E-state index contributed by atoms with van der Waals surface area (Å²) in [4.78, 5) is 19.7. The number of benzene rings is 8. The van der Waals surface area contributed by atoms with Crippen molar-refractivity contribution in [3.8, 4) is 67.8 Å². The van der Waals surface area contributed by atoms with E-state index in [0.29, 0.717) is 89.2 Å². The molecule has 0 aliphatic heterocycles. The van der Waals surface area contributed by atoms with E-state index in [2.05, 4.69) is 4.98 Å². The van der Waals surface area contributed by atoms with E-state index in [1.54, 1.807) is 24.5 Å². The number of rotatable bonds is 7. The van der Waals surface area contributed by atoms with Crippen molar-refractivity contribution < 1.29 is 26.3 Å². The number of hydrogen-bond donors (Lipinski definition) is 0. The van der Waals surface area contributed by atoms with Gasteiger partial charge in [-0.1, -0.05) is 109 Å². The van der Waals surface area contributed by atoms with E-state index >= 15 is 0 Å². The van der Waals surface area contributed by atoms with Crippen molar-refractivity contribution in [3.63, 3.8) is 0 Å². The van der Waals surface area contributed by atoms with Gasteiger partial charge >= 0.3 is 12.4 Å². The van der Waals surface area contributed by atoms with E-state index in [-0.39, 0.29) is 0 Å². The van der Waals surface area contributed by atoms with Crippen LogP contribution in [-0.2, 0) is 12.4 Å². The second-order valence-electron chi connectivity index (χ2n) is 16.9. The highest BCUT2D eigenvalue weighted by atomic mass is 19.4. The molecule has 70 heavy (non-hydrogen) atoms. The number of halogens is 6. The van der Waals surface area contributed by atoms with Crippen molar-refractivity contribution in [2.24, 2.45) is 0 Å². The summed E-state index contributed by atoms with van der Waals surface area (Å²) in [6.07, 6.45) is -5.70. The Morgan fingerprint density at radius 3 is 1.43 bits per heavy atom. The molecule has 0 aliphatic carbocycles. The molecule has 8 aromatic carbocycles. The summed E-state index contributed by atoms with van der Waals surface area (Å²) >= 11 is 0. The number of nitrogens with zero attached hydrogens (tertiary/aromatic N) is 6. The molecular formula is C58H34F6N6. The zero-order valence-electron chi connectivity index (χ0n) is 36.6. The van der Waals surface area contributed by atoms with Crippen LogP contribution in [0.1, 0.15) is 11.1 Å². The molecule has 0 spiro atoms. The summed E-state index contributed by atoms with van der Waals surface area (Å²) in [5.41, 5.74) is 7.17. The molecule has 0 fully saturated rings. The monoisotopic (exact) mass is 928 g/mol. The summed E-state index contributed by atoms with van der Waals surface area (Å²) in [7, 11) is 0. The lowest BCUT2D eigenvalue weighted by Crippen LogP contribution is -2.05. The Hall–Kier alpha value is -8.90. The van der Waals surface area contributed by atoms with Crippen LogP contribution in [0.3, 0.4) is 0 Å². The van der Waals surface area contributed by atoms with Crippen LogP contribution in [0.5, 0.6) is 0 Å². The molecule has 12 aromatic rings. The maximum absolute atomic E-state index is 14.4. The van der Waals surface area contributed by atoms with Crippen molar-refractivity contribution in [1.29, 1.82) is 0 Å². The number of alkyl halides is 6. The van der Waals surface area contributed by atoms with Gasteiger partial charge in [0, 0.05) is 67.4 Å². The van der Waals surface area contributed by atoms with Gasteiger partial charge in [-0.3, -0.25) is 4.98 Å². The van der Waals surface area contributed by atoms with Gasteiger partial charge in [0.05, 0.1) is 38.9 Å². The third-order valence-corrected chi connectivity index (χ3v) is 12.7. The van der Waals surface area contributed by atoms with E-state index in [0.717, 1.165) is 34.4 Å². The van der Waals surface area contributed by atoms with Gasteiger partial charge in [0.15, 0.2) is 17.5 Å². The molecule has 0 aliphatic rings. The molecule has 4 aromatic heterocycles. The molecule has 0 bridgehead atoms. The molecule has 12 heteroatoms. The first-order chi connectivity index (χ1) is 34.0. The predicted octanol–water partition coefficient (Wildman–Crippen LogP) is 15.8. The van der Waals surface area contributed by atoms with E-state index in [4.69, 9.17) is 15.0 Å². The number of fused-ring (bicyclic) bond motifs is 6. The highest BCUT2D eigenvalue weighted by molar-refractivity contribution is 6.11. The predicted molar refractivity (Wildman–Crippen MR) is 263 cm³/mol. The Kier molecular flexibility index (Phi) is 9.95. The topological polar surface area (TPSA) is 61.4 Å². The third kappa shape index (κ3) is 7.32. The lowest BCUT2D eigenvalue weighted by molar-refractivity contribution is -0.138. The first kappa shape index (κ1) is 42.5. The number of hydrogen-bond acceptors (Lipinski definition) is 4. The fourth-order valence-corrected chi connectivity index (χ4v) is 9.51. The second-order valence-corrected chi connectivity index (χ2v) is 16.9. The van der Waals surface area contributed by atoms with Gasteiger partial charge in [0.25, 0.3) is 0 Å². The van der Waals surface area contributed by atoms with Crippen molar-refractivity contribution in [2.45, 2.75) is 12.4 Å². The first-order valence-corrected chi connectivity index (χ1v) is 22.3. The molecule has 0 N–H and O–H groups in total. The molecule has 0 saturated carbocycles. The first-order valence-electron chi connectivity index (χ1n) is 22.3. The van der Waals surface area contributed by atoms with Crippen molar-refractivity contribution >= 4 is 43.6 Å².